The lowest BCUT2D eigenvalue weighted by Gasteiger charge is -2.41. The quantitative estimate of drug-likeness (QED) is 0.0216. The average Bonchev–Trinajstić information content (AvgIpc) is 0.832. The summed E-state index contributed by atoms with van der Waals surface area (Å²) in [6.45, 7) is 50.0. The third-order valence-corrected chi connectivity index (χ3v) is 33.9. The van der Waals surface area contributed by atoms with Gasteiger partial charge in [0.15, 0.2) is 0 Å². The number of aliphatic hydroxyl groups excluding tert-OH is 11. The van der Waals surface area contributed by atoms with Gasteiger partial charge >= 0.3 is 5.72 Å². The molecule has 9 atom stereocenters. The van der Waals surface area contributed by atoms with Crippen LogP contribution in [0.25, 0.3) is 4.85 Å². The first-order valence-corrected chi connectivity index (χ1v) is 56.5. The normalized spacial score (nSPS) is 31.3. The first kappa shape index (κ1) is 126. The molecule has 11 fully saturated rings. The van der Waals surface area contributed by atoms with Gasteiger partial charge in [-0.3, -0.25) is 4.85 Å². The van der Waals surface area contributed by atoms with E-state index in [0.29, 0.717) is 57.6 Å². The first-order chi connectivity index (χ1) is 67.9. The van der Waals surface area contributed by atoms with E-state index in [9.17, 15) is 40.9 Å². The van der Waals surface area contributed by atoms with Crippen molar-refractivity contribution < 1.29 is 111 Å². The van der Waals surface area contributed by atoms with Crippen molar-refractivity contribution in [2.24, 2.45) is 17.8 Å². The molecule has 814 valence electrons. The molecule has 0 radical (unpaired) electrons. The van der Waals surface area contributed by atoms with Gasteiger partial charge in [0.25, 0.3) is 0 Å². The molecule has 11 heterocycles. The van der Waals surface area contributed by atoms with Gasteiger partial charge in [-0.25, -0.2) is 6.57 Å². The highest BCUT2D eigenvalue weighted by Crippen LogP contribution is 2.33. The number of aliphatic hydroxyl groups is 12. The maximum Gasteiger partial charge on any atom is 0.345 e. The number of piperidine rings is 11. The highest BCUT2D eigenvalue weighted by molar-refractivity contribution is 5.17. The Labute approximate surface area is 871 Å². The van der Waals surface area contributed by atoms with Crippen LogP contribution < -0.4 is 0 Å². The molecule has 12 N–H and O–H groups in total. The van der Waals surface area contributed by atoms with Crippen LogP contribution >= 0.6 is 0 Å². The molecular weight excluding hydrogens is 1790 g/mol. The molecule has 24 nitrogen and oxygen atoms in total. The van der Waals surface area contributed by atoms with Crippen LogP contribution in [0.1, 0.15) is 216 Å². The summed E-state index contributed by atoms with van der Waals surface area (Å²) >= 11 is 0. The summed E-state index contributed by atoms with van der Waals surface area (Å²) in [6.07, 6.45) is 28.9. The summed E-state index contributed by atoms with van der Waals surface area (Å²) in [5.41, 5.74) is 5.84. The van der Waals surface area contributed by atoms with Crippen molar-refractivity contribution >= 4 is 0 Å². The lowest BCUT2D eigenvalue weighted by Crippen LogP contribution is -2.53. The van der Waals surface area contributed by atoms with Gasteiger partial charge in [-0.05, 0) is 155 Å². The minimum Gasteiger partial charge on any atom is -0.396 e. The Morgan fingerprint density at radius 3 is 0.937 bits per heavy atom. The van der Waals surface area contributed by atoms with Crippen molar-refractivity contribution in [3.63, 3.8) is 0 Å². The van der Waals surface area contributed by atoms with E-state index in [1.165, 1.54) is 203 Å². The molecule has 9 unspecified atom stereocenters. The van der Waals surface area contributed by atoms with Crippen LogP contribution in [0.4, 0.5) is 0 Å². The van der Waals surface area contributed by atoms with Gasteiger partial charge in [0, 0.05) is 71.9 Å². The second-order valence-corrected chi connectivity index (χ2v) is 49.4. The minimum atomic E-state index is -1.10. The number of likely N-dealkylation sites (tertiary alicyclic amines) is 11. The summed E-state index contributed by atoms with van der Waals surface area (Å²) in [5, 5.41) is 111. The number of hydrogen-bond donors (Lipinski definition) is 12. The molecule has 5 aromatic rings. The smallest absolute Gasteiger partial charge is 0.345 e. The zero-order chi connectivity index (χ0) is 105. The second kappa shape index (κ2) is 64.4. The molecular formula is C119H217N12O12+11. The fourth-order valence-corrected chi connectivity index (χ4v) is 24.0. The Kier molecular flexibility index (Phi) is 56.9. The number of hydrogen-bond acceptors (Lipinski definition) is 12. The van der Waals surface area contributed by atoms with Crippen molar-refractivity contribution in [2.45, 2.75) is 263 Å². The topological polar surface area (TPSA) is 247 Å². The molecule has 0 spiro atoms. The number of quaternary nitrogens is 11. The van der Waals surface area contributed by atoms with E-state index in [1.54, 1.807) is 0 Å². The van der Waals surface area contributed by atoms with E-state index in [-0.39, 0.29) is 37.1 Å². The number of likely N-dealkylation sites (N-methyl/N-ethyl adjacent to an activating group) is 5. The maximum atomic E-state index is 9.91. The van der Waals surface area contributed by atoms with E-state index < -0.39 is 11.8 Å². The lowest BCUT2D eigenvalue weighted by molar-refractivity contribution is -0.930. The maximum absolute atomic E-state index is 9.91. The van der Waals surface area contributed by atoms with Crippen LogP contribution in [0.3, 0.4) is 0 Å². The summed E-state index contributed by atoms with van der Waals surface area (Å²) < 4.78 is 11.6. The Bertz CT molecular complexity index is 4090. The standard InChI is InChI=1S/C15H24NO.C14H19N2O.C14H22NO.2C13H20NO.C9H20NO2.C9H20NO.4C8H18NO/c1-16(13-15-5-3-2-4-6-15)10-7-14(8-11-16)9-12-17;1-15-14(17)8-10-16(2,11-9-14)12-13-6-4-3-5-7-13;1-15(9-5-8-14(11-15)12-16)10-13-6-3-2-4-7-13;1-14(9-5-8-13(15)11-14)10-12-6-3-2-4-7-12;1-14(9-7-13(15)8-10-14)11-12-5-3-2-4-6-12;1-10(7-9(12)8-11)5-3-2-4-6-10;1-9(11)8-10(2)6-4-3-5-7-10;1-9(2)5-3-4-8(6-9)7-10;1-9(7-8-10)5-3-2-4-6-9;1-3-9(2)6-4-8(10)5-7-9;1-3-9(2)6-4-5-8(10)7-9/h2-6,14,17H,7-13H2,1H3;3-7,17H,8-12H2,2H3;2-4,6-7,14,16H,5,8-12H2,1H3;2-4,6-7,13,15H,5,8-11H2,1H3;2-6,13,15H,7-11H2,1H3;9,11-12H,2-8H2,1H3;9,11H,3-8H2,1-2H3;8,10H,3-7H2,1-2H3;10H,2-8H2,1H3;2*8,10H,3-7H2,1-2H3/q11*+1. The van der Waals surface area contributed by atoms with Crippen molar-refractivity contribution in [1.29, 1.82) is 0 Å². The Hall–Kier alpha value is -5.33. The molecule has 11 aliphatic rings. The molecule has 0 amide bonds. The molecule has 0 bridgehead atoms. The average molecular weight is 2010 g/mol. The van der Waals surface area contributed by atoms with Crippen LogP contribution in [-0.4, -0.2) is 447 Å². The number of nitrogens with zero attached hydrogens (tertiary/aromatic N) is 12. The van der Waals surface area contributed by atoms with Gasteiger partial charge in [0.05, 0.1) is 267 Å². The van der Waals surface area contributed by atoms with Gasteiger partial charge in [0.2, 0.25) is 0 Å². The largest absolute Gasteiger partial charge is 0.396 e. The van der Waals surface area contributed by atoms with Crippen LogP contribution in [0.15, 0.2) is 152 Å². The van der Waals surface area contributed by atoms with Crippen molar-refractivity contribution in [3.05, 3.63) is 191 Å². The summed E-state index contributed by atoms with van der Waals surface area (Å²) in [6, 6.07) is 53.1. The molecule has 0 aromatic heterocycles. The van der Waals surface area contributed by atoms with Gasteiger partial charge in [-0.1, -0.05) is 152 Å². The van der Waals surface area contributed by atoms with E-state index in [4.69, 9.17) is 27.0 Å². The van der Waals surface area contributed by atoms with Crippen LogP contribution in [0.2, 0.25) is 0 Å². The zero-order valence-electron chi connectivity index (χ0n) is 93.4. The van der Waals surface area contributed by atoms with Gasteiger partial charge in [-0.15, -0.1) is 0 Å². The summed E-state index contributed by atoms with van der Waals surface area (Å²) in [5.74, 6) is 1.81. The molecule has 11 aliphatic heterocycles. The Balaban J connectivity index is 0.000000242. The third-order valence-electron chi connectivity index (χ3n) is 33.9. The zero-order valence-corrected chi connectivity index (χ0v) is 93.4. The highest BCUT2D eigenvalue weighted by Gasteiger charge is 2.45. The monoisotopic (exact) mass is 2010 g/mol. The van der Waals surface area contributed by atoms with Crippen LogP contribution in [0.5, 0.6) is 0 Å². The summed E-state index contributed by atoms with van der Waals surface area (Å²) in [4.78, 5) is 3.35. The molecule has 16 rings (SSSR count). The SMILES string of the molecule is CC(O)C[N+]1(C)CCCCC1.CC[N+]1(C)CCC(O)CC1.CC[N+]1(C)CCCC(O)C1.C[N+]1(C)CCCC(CO)C1.C[N+]1(CC(O)CO)CCCCC1.C[N+]1(CCO)CCCCC1.C[N+]1(Cc2ccccc2)CCC(CCO)CC1.C[N+]1(Cc2ccccc2)CCC(O)CC1.C[N+]1(Cc2ccccc2)CCCC(CO)C1.C[N+]1(Cc2ccccc2)CCCC(O)C1.[C-]#[N+]C1(O)CC[N+](C)(Cc2ccccc2)CC1. The molecule has 0 aliphatic carbocycles. The fraction of sp³-hybridized carbons (Fsp3) is 0.739. The predicted molar refractivity (Wildman–Crippen MR) is 587 cm³/mol. The number of benzene rings is 5. The minimum absolute atomic E-state index is 0.0160. The Morgan fingerprint density at radius 2 is 0.615 bits per heavy atom. The van der Waals surface area contributed by atoms with Crippen molar-refractivity contribution in [2.75, 3.05) is 294 Å². The predicted octanol–water partition coefficient (Wildman–Crippen LogP) is 13.3. The van der Waals surface area contributed by atoms with Gasteiger partial charge < -0.3 is 111 Å². The summed E-state index contributed by atoms with van der Waals surface area (Å²) in [7, 11) is 27.1. The van der Waals surface area contributed by atoms with Crippen molar-refractivity contribution in [3.8, 4) is 0 Å². The van der Waals surface area contributed by atoms with Crippen LogP contribution in [0, 0.1) is 24.3 Å². The second-order valence-electron chi connectivity index (χ2n) is 49.4. The molecule has 0 saturated carbocycles. The van der Waals surface area contributed by atoms with Gasteiger partial charge in [-0.2, -0.15) is 0 Å². The molecule has 143 heavy (non-hydrogen) atoms. The molecule has 24 heteroatoms. The lowest BCUT2D eigenvalue weighted by atomic mass is 9.92. The molecule has 5 aromatic carbocycles. The fourth-order valence-electron chi connectivity index (χ4n) is 24.0. The van der Waals surface area contributed by atoms with E-state index in [2.05, 4.69) is 249 Å². The highest BCUT2D eigenvalue weighted by atomic mass is 16.3. The van der Waals surface area contributed by atoms with Crippen LogP contribution in [-0.2, 0) is 32.7 Å². The van der Waals surface area contributed by atoms with E-state index >= 15 is 0 Å². The molecule has 11 saturated heterocycles. The van der Waals surface area contributed by atoms with E-state index in [1.807, 2.05) is 13.0 Å². The third kappa shape index (κ3) is 51.4. The van der Waals surface area contributed by atoms with Gasteiger partial charge in [0.1, 0.15) is 103 Å². The van der Waals surface area contributed by atoms with E-state index in [0.717, 1.165) is 237 Å². The first-order valence-electron chi connectivity index (χ1n) is 56.5. The number of rotatable bonds is 23. The van der Waals surface area contributed by atoms with Crippen molar-refractivity contribution in [1.82, 2.24) is 0 Å². The Morgan fingerprint density at radius 1 is 0.308 bits per heavy atom.